The lowest BCUT2D eigenvalue weighted by molar-refractivity contribution is -0.152. The van der Waals surface area contributed by atoms with Gasteiger partial charge < -0.3 is 15.3 Å². The number of urea groups is 1. The van der Waals surface area contributed by atoms with Gasteiger partial charge in [-0.25, -0.2) is 13.6 Å². The number of benzene rings is 1. The van der Waals surface area contributed by atoms with E-state index in [4.69, 9.17) is 0 Å². The predicted octanol–water partition coefficient (Wildman–Crippen LogP) is 3.14. The second kappa shape index (κ2) is 5.18. The molecule has 1 saturated heterocycles. The first-order chi connectivity index (χ1) is 12.3. The fourth-order valence-electron chi connectivity index (χ4n) is 6.55. The fourth-order valence-corrected chi connectivity index (χ4v) is 6.55. The van der Waals surface area contributed by atoms with Crippen molar-refractivity contribution in [1.82, 2.24) is 10.2 Å². The number of aliphatic hydroxyl groups is 1. The van der Waals surface area contributed by atoms with Crippen LogP contribution in [0, 0.1) is 29.4 Å². The number of hydrogen-bond acceptors (Lipinski definition) is 2. The molecule has 1 aromatic carbocycles. The van der Waals surface area contributed by atoms with Gasteiger partial charge in [0.15, 0.2) is 0 Å². The molecule has 0 radical (unpaired) electrons. The van der Waals surface area contributed by atoms with E-state index in [-0.39, 0.29) is 12.1 Å². The highest BCUT2D eigenvalue weighted by Crippen LogP contribution is 2.57. The van der Waals surface area contributed by atoms with Gasteiger partial charge in [0.05, 0.1) is 11.1 Å². The second-order valence-electron chi connectivity index (χ2n) is 9.20. The molecule has 26 heavy (non-hydrogen) atoms. The summed E-state index contributed by atoms with van der Waals surface area (Å²) in [5.74, 6) is -0.0467. The molecule has 2 amide bonds. The predicted molar refractivity (Wildman–Crippen MR) is 91.2 cm³/mol. The lowest BCUT2D eigenvalue weighted by Crippen LogP contribution is -2.62. The molecule has 5 aliphatic rings. The molecule has 3 unspecified atom stereocenters. The van der Waals surface area contributed by atoms with Crippen molar-refractivity contribution < 1.29 is 18.7 Å². The zero-order valence-electron chi connectivity index (χ0n) is 14.8. The molecule has 6 rings (SSSR count). The van der Waals surface area contributed by atoms with Crippen molar-refractivity contribution in [3.05, 3.63) is 35.4 Å². The Kier molecular flexibility index (Phi) is 3.29. The van der Waals surface area contributed by atoms with Crippen molar-refractivity contribution in [2.45, 2.75) is 56.2 Å². The number of nitrogens with zero attached hydrogens (tertiary/aromatic N) is 1. The molecule has 1 heterocycles. The minimum absolute atomic E-state index is 0.108. The Balaban J connectivity index is 1.44. The third-order valence-electron chi connectivity index (χ3n) is 7.21. The van der Waals surface area contributed by atoms with Crippen LogP contribution in [0.3, 0.4) is 0 Å². The van der Waals surface area contributed by atoms with Crippen molar-refractivity contribution in [2.24, 2.45) is 17.8 Å². The molecule has 2 N–H and O–H groups in total. The molecule has 0 spiro atoms. The van der Waals surface area contributed by atoms with Gasteiger partial charge in [-0.15, -0.1) is 0 Å². The number of nitrogens with one attached hydrogen (secondary N) is 1. The summed E-state index contributed by atoms with van der Waals surface area (Å²) in [4.78, 5) is 14.7. The molecule has 0 aromatic heterocycles. The number of hydrogen-bond donors (Lipinski definition) is 2. The van der Waals surface area contributed by atoms with Crippen LogP contribution in [-0.2, 0) is 5.54 Å². The topological polar surface area (TPSA) is 52.6 Å². The molecular weight excluding hydrogens is 338 g/mol. The zero-order chi connectivity index (χ0) is 18.3. The summed E-state index contributed by atoms with van der Waals surface area (Å²) in [6, 6.07) is 3.46. The van der Waals surface area contributed by atoms with E-state index in [1.165, 1.54) is 12.1 Å². The van der Waals surface area contributed by atoms with E-state index in [1.54, 1.807) is 6.92 Å². The Morgan fingerprint density at radius 2 is 1.88 bits per heavy atom. The quantitative estimate of drug-likeness (QED) is 0.849. The van der Waals surface area contributed by atoms with Gasteiger partial charge in [-0.3, -0.25) is 0 Å². The Bertz CT molecular complexity index is 769. The molecule has 4 saturated carbocycles. The fraction of sp³-hybridized carbons (Fsp3) is 0.650. The zero-order valence-corrected chi connectivity index (χ0v) is 14.8. The first-order valence-corrected chi connectivity index (χ1v) is 9.53. The summed E-state index contributed by atoms with van der Waals surface area (Å²) in [6.07, 6.45) is 4.55. The van der Waals surface area contributed by atoms with E-state index in [1.807, 2.05) is 4.90 Å². The van der Waals surface area contributed by atoms with Crippen LogP contribution in [0.5, 0.6) is 0 Å². The number of carbonyl (C=O) groups is 1. The molecule has 4 aliphatic carbocycles. The maximum atomic E-state index is 14.3. The molecule has 3 atom stereocenters. The molecule has 140 valence electrons. The monoisotopic (exact) mass is 362 g/mol. The van der Waals surface area contributed by atoms with E-state index >= 15 is 0 Å². The molecule has 1 aliphatic heterocycles. The van der Waals surface area contributed by atoms with Crippen molar-refractivity contribution in [1.29, 1.82) is 0 Å². The van der Waals surface area contributed by atoms with Crippen molar-refractivity contribution >= 4 is 6.03 Å². The average Bonchev–Trinajstić information content (AvgIpc) is 2.80. The molecule has 5 fully saturated rings. The van der Waals surface area contributed by atoms with Gasteiger partial charge in [-0.05, 0) is 62.8 Å². The van der Waals surface area contributed by atoms with E-state index in [9.17, 15) is 18.7 Å². The highest BCUT2D eigenvalue weighted by molar-refractivity contribution is 5.79. The van der Waals surface area contributed by atoms with E-state index in [2.05, 4.69) is 5.32 Å². The Labute approximate surface area is 151 Å². The molecule has 4 nitrogen and oxygen atoms in total. The minimum atomic E-state index is -0.875. The van der Waals surface area contributed by atoms with Crippen LogP contribution in [-0.4, -0.2) is 34.2 Å². The minimum Gasteiger partial charge on any atom is -0.390 e. The summed E-state index contributed by atoms with van der Waals surface area (Å²) >= 11 is 0. The Morgan fingerprint density at radius 1 is 1.19 bits per heavy atom. The largest absolute Gasteiger partial charge is 0.390 e. The van der Waals surface area contributed by atoms with Crippen LogP contribution in [0.1, 0.15) is 44.6 Å². The maximum absolute atomic E-state index is 14.3. The van der Waals surface area contributed by atoms with E-state index < -0.39 is 22.8 Å². The van der Waals surface area contributed by atoms with E-state index in [0.29, 0.717) is 29.9 Å². The van der Waals surface area contributed by atoms with Crippen LogP contribution in [0.25, 0.3) is 0 Å². The summed E-state index contributed by atoms with van der Waals surface area (Å²) < 4.78 is 27.6. The molecular formula is C20H24F2N2O2. The van der Waals surface area contributed by atoms with Gasteiger partial charge in [0, 0.05) is 24.2 Å². The summed E-state index contributed by atoms with van der Waals surface area (Å²) in [5, 5.41) is 13.7. The van der Waals surface area contributed by atoms with Crippen LogP contribution in [0.15, 0.2) is 18.2 Å². The van der Waals surface area contributed by atoms with Crippen LogP contribution >= 0.6 is 0 Å². The van der Waals surface area contributed by atoms with Crippen molar-refractivity contribution in [2.75, 3.05) is 6.54 Å². The smallest absolute Gasteiger partial charge is 0.318 e. The van der Waals surface area contributed by atoms with Gasteiger partial charge in [-0.2, -0.15) is 0 Å². The normalized spacial score (nSPS) is 43.8. The van der Waals surface area contributed by atoms with Gasteiger partial charge in [0.1, 0.15) is 11.6 Å². The van der Waals surface area contributed by atoms with Crippen LogP contribution in [0.2, 0.25) is 0 Å². The van der Waals surface area contributed by atoms with Gasteiger partial charge in [-0.1, -0.05) is 6.07 Å². The summed E-state index contributed by atoms with van der Waals surface area (Å²) in [7, 11) is 0. The first-order valence-electron chi connectivity index (χ1n) is 9.53. The second-order valence-corrected chi connectivity index (χ2v) is 9.20. The highest BCUT2D eigenvalue weighted by atomic mass is 19.1. The highest BCUT2D eigenvalue weighted by Gasteiger charge is 2.58. The Morgan fingerprint density at radius 3 is 2.50 bits per heavy atom. The van der Waals surface area contributed by atoms with Gasteiger partial charge >= 0.3 is 6.03 Å². The van der Waals surface area contributed by atoms with E-state index in [0.717, 1.165) is 38.2 Å². The molecule has 4 bridgehead atoms. The lowest BCUT2D eigenvalue weighted by Gasteiger charge is -2.59. The van der Waals surface area contributed by atoms with Gasteiger partial charge in [0.2, 0.25) is 0 Å². The number of halogens is 2. The van der Waals surface area contributed by atoms with Crippen molar-refractivity contribution in [3.63, 3.8) is 0 Å². The first kappa shape index (κ1) is 16.5. The number of carbonyl (C=O) groups excluding carboxylic acids is 1. The standard InChI is InChI=1S/C20H24F2N2O2/c1-19(15-3-2-14(21)6-16(15)22)10-24(18(25)23-19)17-12-4-11-5-13(17)9-20(26,7-11)8-12/h2-3,6,11-13,17,26H,4-5,7-10H2,1H3,(H,23,25). The van der Waals surface area contributed by atoms with Gasteiger partial charge in [0.25, 0.3) is 0 Å². The number of amides is 2. The summed E-state index contributed by atoms with van der Waals surface area (Å²) in [5.41, 5.74) is -1.10. The number of rotatable bonds is 2. The van der Waals surface area contributed by atoms with Crippen molar-refractivity contribution in [3.8, 4) is 0 Å². The average molecular weight is 362 g/mol. The molecule has 1 aromatic rings. The third kappa shape index (κ3) is 2.30. The molecule has 6 heteroatoms. The maximum Gasteiger partial charge on any atom is 0.318 e. The SMILES string of the molecule is CC1(c2ccc(F)cc2F)CN(C2C3CC4CC2CC(O)(C4)C3)C(=O)N1. The van der Waals surface area contributed by atoms with Crippen LogP contribution < -0.4 is 5.32 Å². The lowest BCUT2D eigenvalue weighted by atomic mass is 9.52. The third-order valence-corrected chi connectivity index (χ3v) is 7.21. The Hall–Kier alpha value is -1.69. The van der Waals surface area contributed by atoms with Crippen LogP contribution in [0.4, 0.5) is 13.6 Å². The summed E-state index contributed by atoms with van der Waals surface area (Å²) in [6.45, 7) is 2.17.